The first-order chi connectivity index (χ1) is 8.99. The lowest BCUT2D eigenvalue weighted by Crippen LogP contribution is -2.35. The first kappa shape index (κ1) is 15.1. The Morgan fingerprint density at radius 1 is 1.32 bits per heavy atom. The molecule has 2 N–H and O–H groups in total. The monoisotopic (exact) mass is 301 g/mol. The van der Waals surface area contributed by atoms with Gasteiger partial charge in [-0.25, -0.2) is 0 Å². The standard InChI is InChI=1S/C15H21Cl2NO/c1-9-3-6-14(10(9)2)18-8-15(19)12-7-11(16)4-5-13(12)17/h4-5,7,9-10,14-15,18-19H,3,6,8H2,1-2H3. The Morgan fingerprint density at radius 3 is 2.68 bits per heavy atom. The van der Waals surface area contributed by atoms with Gasteiger partial charge in [0.1, 0.15) is 0 Å². The maximum absolute atomic E-state index is 10.2. The lowest BCUT2D eigenvalue weighted by molar-refractivity contribution is 0.166. The molecule has 0 saturated heterocycles. The van der Waals surface area contributed by atoms with Crippen LogP contribution < -0.4 is 5.32 Å². The molecule has 1 aliphatic carbocycles. The molecule has 1 saturated carbocycles. The van der Waals surface area contributed by atoms with E-state index in [1.807, 2.05) is 0 Å². The van der Waals surface area contributed by atoms with E-state index in [9.17, 15) is 5.11 Å². The van der Waals surface area contributed by atoms with Crippen LogP contribution in [0.25, 0.3) is 0 Å². The van der Waals surface area contributed by atoms with Crippen LogP contribution in [0.2, 0.25) is 10.0 Å². The van der Waals surface area contributed by atoms with Crippen LogP contribution in [0.5, 0.6) is 0 Å². The van der Waals surface area contributed by atoms with Crippen LogP contribution in [0.1, 0.15) is 38.4 Å². The SMILES string of the molecule is CC1CCC(NCC(O)c2cc(Cl)ccc2Cl)C1C. The quantitative estimate of drug-likeness (QED) is 0.879. The van der Waals surface area contributed by atoms with Crippen molar-refractivity contribution >= 4 is 23.2 Å². The van der Waals surface area contributed by atoms with E-state index in [4.69, 9.17) is 23.2 Å². The van der Waals surface area contributed by atoms with Gasteiger partial charge in [0.2, 0.25) is 0 Å². The summed E-state index contributed by atoms with van der Waals surface area (Å²) in [6.07, 6.45) is 1.82. The summed E-state index contributed by atoms with van der Waals surface area (Å²) < 4.78 is 0. The van der Waals surface area contributed by atoms with Crippen LogP contribution >= 0.6 is 23.2 Å². The van der Waals surface area contributed by atoms with Gasteiger partial charge in [0.25, 0.3) is 0 Å². The van der Waals surface area contributed by atoms with Gasteiger partial charge in [0.15, 0.2) is 0 Å². The van der Waals surface area contributed by atoms with Crippen molar-refractivity contribution < 1.29 is 5.11 Å². The van der Waals surface area contributed by atoms with Crippen LogP contribution in [0.3, 0.4) is 0 Å². The number of rotatable bonds is 4. The summed E-state index contributed by atoms with van der Waals surface area (Å²) >= 11 is 12.0. The Hall–Kier alpha value is -0.280. The van der Waals surface area contributed by atoms with Crippen LogP contribution in [0.4, 0.5) is 0 Å². The molecule has 2 nitrogen and oxygen atoms in total. The minimum absolute atomic E-state index is 0.489. The average molecular weight is 302 g/mol. The van der Waals surface area contributed by atoms with Crippen LogP contribution in [0, 0.1) is 11.8 Å². The van der Waals surface area contributed by atoms with Gasteiger partial charge in [0.05, 0.1) is 6.10 Å². The predicted octanol–water partition coefficient (Wildman–Crippen LogP) is 4.05. The van der Waals surface area contributed by atoms with Gasteiger partial charge in [-0.15, -0.1) is 0 Å². The van der Waals surface area contributed by atoms with Crippen LogP contribution in [-0.2, 0) is 0 Å². The Labute approximate surface area is 125 Å². The van der Waals surface area contributed by atoms with E-state index in [0.29, 0.717) is 34.1 Å². The summed E-state index contributed by atoms with van der Waals surface area (Å²) in [7, 11) is 0. The molecule has 4 heteroatoms. The number of halogens is 2. The molecular weight excluding hydrogens is 281 g/mol. The number of aliphatic hydroxyl groups is 1. The molecule has 0 aliphatic heterocycles. The van der Waals surface area contributed by atoms with Gasteiger partial charge < -0.3 is 10.4 Å². The molecule has 0 bridgehead atoms. The molecule has 0 heterocycles. The topological polar surface area (TPSA) is 32.3 Å². The molecule has 1 aromatic carbocycles. The maximum atomic E-state index is 10.2. The predicted molar refractivity (Wildman–Crippen MR) is 80.8 cm³/mol. The molecule has 2 rings (SSSR count). The van der Waals surface area contributed by atoms with Crippen molar-refractivity contribution in [1.29, 1.82) is 0 Å². The molecule has 106 valence electrons. The van der Waals surface area contributed by atoms with E-state index < -0.39 is 6.10 Å². The zero-order valence-electron chi connectivity index (χ0n) is 11.4. The summed E-state index contributed by atoms with van der Waals surface area (Å²) in [4.78, 5) is 0. The summed E-state index contributed by atoms with van der Waals surface area (Å²) in [5.41, 5.74) is 0.695. The van der Waals surface area contributed by atoms with E-state index >= 15 is 0 Å². The van der Waals surface area contributed by atoms with Gasteiger partial charge in [-0.3, -0.25) is 0 Å². The van der Waals surface area contributed by atoms with Gasteiger partial charge in [-0.05, 0) is 42.9 Å². The fourth-order valence-electron chi connectivity index (χ4n) is 2.80. The van der Waals surface area contributed by atoms with Crippen molar-refractivity contribution in [2.24, 2.45) is 11.8 Å². The van der Waals surface area contributed by atoms with E-state index in [0.717, 1.165) is 5.92 Å². The lowest BCUT2D eigenvalue weighted by Gasteiger charge is -2.22. The van der Waals surface area contributed by atoms with Crippen molar-refractivity contribution in [3.05, 3.63) is 33.8 Å². The van der Waals surface area contributed by atoms with Gasteiger partial charge in [-0.1, -0.05) is 37.0 Å². The van der Waals surface area contributed by atoms with Crippen molar-refractivity contribution in [3.63, 3.8) is 0 Å². The number of hydrogen-bond donors (Lipinski definition) is 2. The highest BCUT2D eigenvalue weighted by Crippen LogP contribution is 2.32. The van der Waals surface area contributed by atoms with E-state index in [1.54, 1.807) is 18.2 Å². The smallest absolute Gasteiger partial charge is 0.0929 e. The molecule has 0 aromatic heterocycles. The normalized spacial score (nSPS) is 28.6. The van der Waals surface area contributed by atoms with Crippen molar-refractivity contribution in [2.75, 3.05) is 6.54 Å². The Bertz CT molecular complexity index is 438. The minimum atomic E-state index is -0.616. The van der Waals surface area contributed by atoms with Crippen molar-refractivity contribution in [2.45, 2.75) is 38.8 Å². The van der Waals surface area contributed by atoms with Crippen molar-refractivity contribution in [3.8, 4) is 0 Å². The third kappa shape index (κ3) is 3.63. The second kappa shape index (κ2) is 6.45. The van der Waals surface area contributed by atoms with E-state index in [1.165, 1.54) is 12.8 Å². The summed E-state index contributed by atoms with van der Waals surface area (Å²) in [6, 6.07) is 5.68. The average Bonchev–Trinajstić information content (AvgIpc) is 2.70. The molecule has 0 amide bonds. The lowest BCUT2D eigenvalue weighted by atomic mass is 9.97. The summed E-state index contributed by atoms with van der Waals surface area (Å²) in [6.45, 7) is 5.08. The van der Waals surface area contributed by atoms with E-state index in [-0.39, 0.29) is 0 Å². The molecule has 1 aliphatic rings. The van der Waals surface area contributed by atoms with E-state index in [2.05, 4.69) is 19.2 Å². The highest BCUT2D eigenvalue weighted by Gasteiger charge is 2.29. The number of benzene rings is 1. The van der Waals surface area contributed by atoms with Crippen LogP contribution in [-0.4, -0.2) is 17.7 Å². The largest absolute Gasteiger partial charge is 0.387 e. The second-order valence-electron chi connectivity index (χ2n) is 5.61. The highest BCUT2D eigenvalue weighted by molar-refractivity contribution is 6.33. The van der Waals surface area contributed by atoms with Gasteiger partial charge in [0, 0.05) is 28.2 Å². The molecule has 0 spiro atoms. The minimum Gasteiger partial charge on any atom is -0.387 e. The number of hydrogen-bond acceptors (Lipinski definition) is 2. The zero-order chi connectivity index (χ0) is 14.0. The number of nitrogens with one attached hydrogen (secondary N) is 1. The number of aliphatic hydroxyl groups excluding tert-OH is 1. The second-order valence-corrected chi connectivity index (χ2v) is 6.45. The van der Waals surface area contributed by atoms with Gasteiger partial charge >= 0.3 is 0 Å². The third-order valence-corrected chi connectivity index (χ3v) is 4.93. The first-order valence-corrected chi connectivity index (χ1v) is 7.61. The molecule has 4 unspecified atom stereocenters. The molecule has 1 aromatic rings. The summed E-state index contributed by atoms with van der Waals surface area (Å²) in [5, 5.41) is 14.8. The third-order valence-electron chi connectivity index (χ3n) is 4.36. The molecule has 19 heavy (non-hydrogen) atoms. The molecule has 0 radical (unpaired) electrons. The molecule has 4 atom stereocenters. The Morgan fingerprint density at radius 2 is 2.05 bits per heavy atom. The zero-order valence-corrected chi connectivity index (χ0v) is 12.9. The van der Waals surface area contributed by atoms with Gasteiger partial charge in [-0.2, -0.15) is 0 Å². The Balaban J connectivity index is 1.94. The first-order valence-electron chi connectivity index (χ1n) is 6.85. The maximum Gasteiger partial charge on any atom is 0.0929 e. The summed E-state index contributed by atoms with van der Waals surface area (Å²) in [5.74, 6) is 1.41. The Kier molecular flexibility index (Phi) is 5.13. The molecular formula is C15H21Cl2NO. The highest BCUT2D eigenvalue weighted by atomic mass is 35.5. The molecule has 1 fully saturated rings. The van der Waals surface area contributed by atoms with Crippen LogP contribution in [0.15, 0.2) is 18.2 Å². The fraction of sp³-hybridized carbons (Fsp3) is 0.600. The van der Waals surface area contributed by atoms with Crippen molar-refractivity contribution in [1.82, 2.24) is 5.32 Å². The fourth-order valence-corrected chi connectivity index (χ4v) is 3.22.